The summed E-state index contributed by atoms with van der Waals surface area (Å²) in [6, 6.07) is 7.05. The third kappa shape index (κ3) is 2.57. The predicted molar refractivity (Wildman–Crippen MR) is 78.2 cm³/mol. The van der Waals surface area contributed by atoms with Crippen molar-refractivity contribution in [3.63, 3.8) is 0 Å². The van der Waals surface area contributed by atoms with E-state index in [4.69, 9.17) is 5.11 Å². The highest BCUT2D eigenvalue weighted by atomic mass is 32.2. The van der Waals surface area contributed by atoms with E-state index in [1.54, 1.807) is 6.07 Å². The standard InChI is InChI=1S/C14H18N2O3S/c1-10-4-5-14(11(2)6-10)16(3)20(18,19)13-7-12(9-17)15-8-13/h4-8,15,17H,9H2,1-3H3. The molecule has 0 saturated carbocycles. The zero-order valence-electron chi connectivity index (χ0n) is 11.7. The summed E-state index contributed by atoms with van der Waals surface area (Å²) in [5, 5.41) is 9.01. The van der Waals surface area contributed by atoms with Crippen LogP contribution in [0.1, 0.15) is 16.8 Å². The third-order valence-electron chi connectivity index (χ3n) is 3.24. The zero-order chi connectivity index (χ0) is 14.9. The van der Waals surface area contributed by atoms with Gasteiger partial charge in [0.25, 0.3) is 10.0 Å². The van der Waals surface area contributed by atoms with Crippen LogP contribution >= 0.6 is 0 Å². The fraction of sp³-hybridized carbons (Fsp3) is 0.286. The van der Waals surface area contributed by atoms with Gasteiger partial charge >= 0.3 is 0 Å². The fourth-order valence-corrected chi connectivity index (χ4v) is 3.38. The summed E-state index contributed by atoms with van der Waals surface area (Å²) in [5.74, 6) is 0. The predicted octanol–water partition coefficient (Wildman–Crippen LogP) is 1.95. The molecule has 2 aromatic rings. The van der Waals surface area contributed by atoms with E-state index in [0.29, 0.717) is 11.4 Å². The molecule has 1 heterocycles. The first-order valence-corrected chi connectivity index (χ1v) is 7.64. The molecule has 1 aromatic carbocycles. The van der Waals surface area contributed by atoms with Gasteiger partial charge in [-0.3, -0.25) is 4.31 Å². The van der Waals surface area contributed by atoms with Crippen molar-refractivity contribution in [2.75, 3.05) is 11.4 Å². The Morgan fingerprint density at radius 2 is 1.95 bits per heavy atom. The first-order chi connectivity index (χ1) is 9.36. The second kappa shape index (κ2) is 5.30. The van der Waals surface area contributed by atoms with Crippen LogP contribution in [0.15, 0.2) is 35.4 Å². The SMILES string of the molecule is Cc1ccc(N(C)S(=O)(=O)c2c[nH]c(CO)c2)c(C)c1. The lowest BCUT2D eigenvalue weighted by atomic mass is 10.1. The number of nitrogens with one attached hydrogen (secondary N) is 1. The van der Waals surface area contributed by atoms with Crippen molar-refractivity contribution in [3.8, 4) is 0 Å². The minimum absolute atomic E-state index is 0.143. The number of rotatable bonds is 4. The molecular formula is C14H18N2O3S. The summed E-state index contributed by atoms with van der Waals surface area (Å²) in [4.78, 5) is 2.88. The van der Waals surface area contributed by atoms with Crippen molar-refractivity contribution in [1.82, 2.24) is 4.98 Å². The van der Waals surface area contributed by atoms with Crippen molar-refractivity contribution in [1.29, 1.82) is 0 Å². The van der Waals surface area contributed by atoms with E-state index in [9.17, 15) is 8.42 Å². The molecule has 0 spiro atoms. The van der Waals surface area contributed by atoms with Gasteiger partial charge in [0.15, 0.2) is 0 Å². The summed E-state index contributed by atoms with van der Waals surface area (Å²) >= 11 is 0. The van der Waals surface area contributed by atoms with Crippen molar-refractivity contribution in [2.45, 2.75) is 25.3 Å². The van der Waals surface area contributed by atoms with Crippen LogP contribution in [-0.4, -0.2) is 25.6 Å². The van der Waals surface area contributed by atoms with Crippen molar-refractivity contribution in [2.24, 2.45) is 0 Å². The molecule has 0 aliphatic rings. The molecule has 6 heteroatoms. The van der Waals surface area contributed by atoms with E-state index >= 15 is 0 Å². The minimum atomic E-state index is -3.63. The monoisotopic (exact) mass is 294 g/mol. The van der Waals surface area contributed by atoms with E-state index in [-0.39, 0.29) is 11.5 Å². The zero-order valence-corrected chi connectivity index (χ0v) is 12.5. The van der Waals surface area contributed by atoms with Gasteiger partial charge in [-0.2, -0.15) is 0 Å². The van der Waals surface area contributed by atoms with Gasteiger partial charge in [-0.05, 0) is 31.5 Å². The van der Waals surface area contributed by atoms with Crippen LogP contribution in [0.2, 0.25) is 0 Å². The number of aromatic amines is 1. The number of aryl methyl sites for hydroxylation is 2. The van der Waals surface area contributed by atoms with E-state index < -0.39 is 10.0 Å². The van der Waals surface area contributed by atoms with Crippen LogP contribution < -0.4 is 4.31 Å². The lowest BCUT2D eigenvalue weighted by molar-refractivity contribution is 0.277. The summed E-state index contributed by atoms with van der Waals surface area (Å²) in [7, 11) is -2.10. The van der Waals surface area contributed by atoms with Crippen molar-refractivity contribution in [3.05, 3.63) is 47.3 Å². The molecule has 0 radical (unpaired) electrons. The van der Waals surface area contributed by atoms with E-state index in [2.05, 4.69) is 4.98 Å². The molecule has 0 fully saturated rings. The quantitative estimate of drug-likeness (QED) is 0.905. The molecule has 5 nitrogen and oxygen atoms in total. The highest BCUT2D eigenvalue weighted by Gasteiger charge is 2.23. The molecule has 0 aliphatic heterocycles. The topological polar surface area (TPSA) is 73.4 Å². The number of nitrogens with zero attached hydrogens (tertiary/aromatic N) is 1. The Kier molecular flexibility index (Phi) is 3.87. The minimum Gasteiger partial charge on any atom is -0.390 e. The van der Waals surface area contributed by atoms with Gasteiger partial charge in [0.1, 0.15) is 4.90 Å². The van der Waals surface area contributed by atoms with Crippen LogP contribution in [-0.2, 0) is 16.6 Å². The van der Waals surface area contributed by atoms with Crippen molar-refractivity contribution < 1.29 is 13.5 Å². The summed E-state index contributed by atoms with van der Waals surface area (Å²) in [6.07, 6.45) is 1.39. The van der Waals surface area contributed by atoms with Crippen LogP contribution in [0.4, 0.5) is 5.69 Å². The van der Waals surface area contributed by atoms with Gasteiger partial charge in [-0.1, -0.05) is 17.7 Å². The number of aliphatic hydroxyl groups excluding tert-OH is 1. The van der Waals surface area contributed by atoms with Gasteiger partial charge in [0, 0.05) is 18.9 Å². The van der Waals surface area contributed by atoms with Gasteiger partial charge in [-0.25, -0.2) is 8.42 Å². The lowest BCUT2D eigenvalue weighted by Crippen LogP contribution is -2.26. The van der Waals surface area contributed by atoms with Crippen LogP contribution in [0.5, 0.6) is 0 Å². The molecule has 0 amide bonds. The number of benzene rings is 1. The van der Waals surface area contributed by atoms with E-state index in [1.165, 1.54) is 23.6 Å². The van der Waals surface area contributed by atoms with Gasteiger partial charge in [-0.15, -0.1) is 0 Å². The summed E-state index contributed by atoms with van der Waals surface area (Å²) in [6.45, 7) is 3.62. The van der Waals surface area contributed by atoms with Gasteiger partial charge in [0.2, 0.25) is 0 Å². The Bertz CT molecular complexity index is 720. The number of hydrogen-bond donors (Lipinski definition) is 2. The second-order valence-corrected chi connectivity index (χ2v) is 6.75. The molecule has 0 aliphatic carbocycles. The summed E-state index contributed by atoms with van der Waals surface area (Å²) < 4.78 is 26.3. The van der Waals surface area contributed by atoms with Crippen LogP contribution in [0.3, 0.4) is 0 Å². The average molecular weight is 294 g/mol. The Morgan fingerprint density at radius 1 is 1.25 bits per heavy atom. The number of anilines is 1. The normalized spacial score (nSPS) is 11.6. The number of hydrogen-bond acceptors (Lipinski definition) is 3. The van der Waals surface area contributed by atoms with Gasteiger partial charge in [0.05, 0.1) is 12.3 Å². The number of aromatic nitrogens is 1. The van der Waals surface area contributed by atoms with E-state index in [1.807, 2.05) is 26.0 Å². The first-order valence-electron chi connectivity index (χ1n) is 6.20. The number of H-pyrrole nitrogens is 1. The molecule has 0 unspecified atom stereocenters. The molecular weight excluding hydrogens is 276 g/mol. The Balaban J connectivity index is 2.43. The second-order valence-electron chi connectivity index (χ2n) is 4.78. The molecule has 2 N–H and O–H groups in total. The smallest absolute Gasteiger partial charge is 0.265 e. The molecule has 0 bridgehead atoms. The Hall–Kier alpha value is -1.79. The van der Waals surface area contributed by atoms with Gasteiger partial charge < -0.3 is 10.1 Å². The molecule has 108 valence electrons. The highest BCUT2D eigenvalue weighted by molar-refractivity contribution is 7.92. The largest absolute Gasteiger partial charge is 0.390 e. The molecule has 0 atom stereocenters. The number of aliphatic hydroxyl groups is 1. The maximum Gasteiger partial charge on any atom is 0.265 e. The molecule has 1 aromatic heterocycles. The summed E-state index contributed by atoms with van der Waals surface area (Å²) in [5.41, 5.74) is 3.09. The number of sulfonamides is 1. The lowest BCUT2D eigenvalue weighted by Gasteiger charge is -2.21. The maximum absolute atomic E-state index is 12.5. The maximum atomic E-state index is 12.5. The fourth-order valence-electron chi connectivity index (χ4n) is 2.11. The van der Waals surface area contributed by atoms with Crippen LogP contribution in [0.25, 0.3) is 0 Å². The van der Waals surface area contributed by atoms with Crippen molar-refractivity contribution >= 4 is 15.7 Å². The average Bonchev–Trinajstić information content (AvgIpc) is 2.87. The highest BCUT2D eigenvalue weighted by Crippen LogP contribution is 2.26. The Morgan fingerprint density at radius 3 is 2.50 bits per heavy atom. The van der Waals surface area contributed by atoms with E-state index in [0.717, 1.165) is 11.1 Å². The first kappa shape index (κ1) is 14.6. The molecule has 0 saturated heterocycles. The third-order valence-corrected chi connectivity index (χ3v) is 4.99. The van der Waals surface area contributed by atoms with Crippen LogP contribution in [0, 0.1) is 13.8 Å². The molecule has 20 heavy (non-hydrogen) atoms. The Labute approximate surface area is 118 Å². The molecule has 2 rings (SSSR count).